The number of nitro groups is 1. The van der Waals surface area contributed by atoms with E-state index in [-0.39, 0.29) is 10.7 Å². The summed E-state index contributed by atoms with van der Waals surface area (Å²) in [6.07, 6.45) is 1.08. The summed E-state index contributed by atoms with van der Waals surface area (Å²) in [5.74, 6) is 0. The van der Waals surface area contributed by atoms with Crippen LogP contribution >= 0.6 is 11.6 Å². The second-order valence-electron chi connectivity index (χ2n) is 4.56. The minimum absolute atomic E-state index is 0.0599. The van der Waals surface area contributed by atoms with Crippen molar-refractivity contribution in [1.29, 1.82) is 0 Å². The topological polar surface area (TPSA) is 58.4 Å². The number of nitrogens with one attached hydrogen (secondary N) is 1. The predicted molar refractivity (Wildman–Crippen MR) is 79.0 cm³/mol. The highest BCUT2D eigenvalue weighted by Gasteiger charge is 2.18. The molecule has 0 saturated carbocycles. The number of hydrogen-bond acceptors (Lipinski definition) is 4. The van der Waals surface area contributed by atoms with Crippen molar-refractivity contribution in [2.24, 2.45) is 0 Å². The van der Waals surface area contributed by atoms with Crippen LogP contribution in [0.5, 0.6) is 0 Å². The van der Waals surface area contributed by atoms with E-state index in [9.17, 15) is 10.1 Å². The lowest BCUT2D eigenvalue weighted by molar-refractivity contribution is -0.383. The number of anilines is 1. The van der Waals surface area contributed by atoms with E-state index in [0.29, 0.717) is 18.3 Å². The SMILES string of the molecule is CCC(C)N(C)CCNc1cccc(Cl)c1[N+](=O)[O-]. The summed E-state index contributed by atoms with van der Waals surface area (Å²) in [5, 5.41) is 14.2. The zero-order valence-electron chi connectivity index (χ0n) is 11.5. The molecular formula is C13H20ClN3O2. The first kappa shape index (κ1) is 15.7. The number of halogens is 1. The first-order valence-electron chi connectivity index (χ1n) is 6.34. The van der Waals surface area contributed by atoms with Crippen molar-refractivity contribution in [1.82, 2.24) is 4.90 Å². The fourth-order valence-corrected chi connectivity index (χ4v) is 1.99. The lowest BCUT2D eigenvalue weighted by Crippen LogP contribution is -2.32. The normalized spacial score (nSPS) is 12.5. The summed E-state index contributed by atoms with van der Waals surface area (Å²) < 4.78 is 0. The fourth-order valence-electron chi connectivity index (χ4n) is 1.74. The molecule has 0 fully saturated rings. The van der Waals surface area contributed by atoms with Crippen LogP contribution < -0.4 is 5.32 Å². The zero-order valence-corrected chi connectivity index (χ0v) is 12.3. The van der Waals surface area contributed by atoms with Crippen LogP contribution in [0.4, 0.5) is 11.4 Å². The quantitative estimate of drug-likeness (QED) is 0.616. The third-order valence-electron chi connectivity index (χ3n) is 3.29. The third-order valence-corrected chi connectivity index (χ3v) is 3.60. The Bertz CT molecular complexity index is 440. The van der Waals surface area contributed by atoms with Crippen molar-refractivity contribution in [3.05, 3.63) is 33.3 Å². The van der Waals surface area contributed by atoms with Gasteiger partial charge in [-0.2, -0.15) is 0 Å². The smallest absolute Gasteiger partial charge is 0.310 e. The maximum atomic E-state index is 11.0. The predicted octanol–water partition coefficient (Wildman–Crippen LogP) is 3.39. The second-order valence-corrected chi connectivity index (χ2v) is 4.96. The molecular weight excluding hydrogens is 266 g/mol. The van der Waals surface area contributed by atoms with Gasteiger partial charge in [-0.3, -0.25) is 10.1 Å². The molecule has 0 heterocycles. The van der Waals surface area contributed by atoms with E-state index in [4.69, 9.17) is 11.6 Å². The average Bonchev–Trinajstić information content (AvgIpc) is 2.37. The van der Waals surface area contributed by atoms with Crippen LogP contribution in [-0.4, -0.2) is 36.0 Å². The molecule has 1 aromatic rings. The molecule has 1 N–H and O–H groups in total. The number of rotatable bonds is 7. The van der Waals surface area contributed by atoms with Crippen LogP contribution in [0.25, 0.3) is 0 Å². The maximum absolute atomic E-state index is 11.0. The largest absolute Gasteiger partial charge is 0.378 e. The van der Waals surface area contributed by atoms with Crippen LogP contribution in [-0.2, 0) is 0 Å². The van der Waals surface area contributed by atoms with E-state index in [1.54, 1.807) is 12.1 Å². The van der Waals surface area contributed by atoms with E-state index in [1.165, 1.54) is 6.07 Å². The highest BCUT2D eigenvalue weighted by molar-refractivity contribution is 6.33. The van der Waals surface area contributed by atoms with Gasteiger partial charge in [0.15, 0.2) is 0 Å². The van der Waals surface area contributed by atoms with Crippen molar-refractivity contribution >= 4 is 23.0 Å². The highest BCUT2D eigenvalue weighted by Crippen LogP contribution is 2.31. The monoisotopic (exact) mass is 285 g/mol. The number of nitrogens with zero attached hydrogens (tertiary/aromatic N) is 2. The Morgan fingerprint density at radius 3 is 2.79 bits per heavy atom. The molecule has 6 heteroatoms. The molecule has 19 heavy (non-hydrogen) atoms. The van der Waals surface area contributed by atoms with Gasteiger partial charge in [0.2, 0.25) is 0 Å². The molecule has 1 unspecified atom stereocenters. The Hall–Kier alpha value is -1.33. The molecule has 0 saturated heterocycles. The van der Waals surface area contributed by atoms with Gasteiger partial charge in [-0.1, -0.05) is 24.6 Å². The van der Waals surface area contributed by atoms with Gasteiger partial charge in [0.1, 0.15) is 10.7 Å². The minimum atomic E-state index is -0.455. The number of benzene rings is 1. The molecule has 0 bridgehead atoms. The van der Waals surface area contributed by atoms with E-state index >= 15 is 0 Å². The number of likely N-dealkylation sites (N-methyl/N-ethyl adjacent to an activating group) is 1. The molecule has 106 valence electrons. The summed E-state index contributed by atoms with van der Waals surface area (Å²) in [6, 6.07) is 5.40. The van der Waals surface area contributed by atoms with Crippen molar-refractivity contribution in [3.63, 3.8) is 0 Å². The molecule has 0 spiro atoms. The van der Waals surface area contributed by atoms with Crippen LogP contribution in [0.3, 0.4) is 0 Å². The second kappa shape index (κ2) is 7.31. The zero-order chi connectivity index (χ0) is 14.4. The average molecular weight is 286 g/mol. The molecule has 0 aliphatic rings. The lowest BCUT2D eigenvalue weighted by atomic mass is 10.2. The lowest BCUT2D eigenvalue weighted by Gasteiger charge is -2.23. The molecule has 0 aliphatic carbocycles. The number of nitro benzene ring substituents is 1. The molecule has 0 radical (unpaired) electrons. The van der Waals surface area contributed by atoms with Gasteiger partial charge in [0, 0.05) is 19.1 Å². The van der Waals surface area contributed by atoms with E-state index in [0.717, 1.165) is 13.0 Å². The summed E-state index contributed by atoms with van der Waals surface area (Å²) in [5.41, 5.74) is 0.408. The van der Waals surface area contributed by atoms with Gasteiger partial charge in [-0.15, -0.1) is 0 Å². The van der Waals surface area contributed by atoms with Crippen molar-refractivity contribution < 1.29 is 4.92 Å². The number of hydrogen-bond donors (Lipinski definition) is 1. The molecule has 1 atom stereocenters. The van der Waals surface area contributed by atoms with Gasteiger partial charge in [-0.25, -0.2) is 0 Å². The van der Waals surface area contributed by atoms with Crippen molar-refractivity contribution in [2.45, 2.75) is 26.3 Å². The summed E-state index contributed by atoms with van der Waals surface area (Å²) in [7, 11) is 2.04. The van der Waals surface area contributed by atoms with E-state index in [2.05, 4.69) is 24.1 Å². The third kappa shape index (κ3) is 4.36. The van der Waals surface area contributed by atoms with Crippen molar-refractivity contribution in [3.8, 4) is 0 Å². The summed E-state index contributed by atoms with van der Waals surface area (Å²) in [6.45, 7) is 5.75. The van der Waals surface area contributed by atoms with Crippen LogP contribution in [0, 0.1) is 10.1 Å². The van der Waals surface area contributed by atoms with Gasteiger partial charge < -0.3 is 10.2 Å². The standard InChI is InChI=1S/C13H20ClN3O2/c1-4-10(2)16(3)9-8-15-12-7-5-6-11(14)13(12)17(18)19/h5-7,10,15H,4,8-9H2,1-3H3. The minimum Gasteiger partial charge on any atom is -0.378 e. The Labute approximate surface area is 118 Å². The molecule has 0 amide bonds. The Kier molecular flexibility index (Phi) is 6.05. The van der Waals surface area contributed by atoms with Crippen LogP contribution in [0.2, 0.25) is 5.02 Å². The molecule has 0 aromatic heterocycles. The maximum Gasteiger partial charge on any atom is 0.310 e. The number of para-hydroxylation sites is 1. The first-order valence-corrected chi connectivity index (χ1v) is 6.72. The molecule has 1 aromatic carbocycles. The Morgan fingerprint density at radius 2 is 2.21 bits per heavy atom. The van der Waals surface area contributed by atoms with Gasteiger partial charge >= 0.3 is 5.69 Å². The first-order chi connectivity index (χ1) is 8.97. The van der Waals surface area contributed by atoms with Crippen LogP contribution in [0.1, 0.15) is 20.3 Å². The Morgan fingerprint density at radius 1 is 1.53 bits per heavy atom. The Balaban J connectivity index is 2.64. The molecule has 5 nitrogen and oxygen atoms in total. The fraction of sp³-hybridized carbons (Fsp3) is 0.538. The van der Waals surface area contributed by atoms with Crippen molar-refractivity contribution in [2.75, 3.05) is 25.5 Å². The van der Waals surface area contributed by atoms with Crippen LogP contribution in [0.15, 0.2) is 18.2 Å². The molecule has 1 rings (SSSR count). The van der Waals surface area contributed by atoms with E-state index in [1.807, 2.05) is 7.05 Å². The summed E-state index contributed by atoms with van der Waals surface area (Å²) in [4.78, 5) is 12.7. The highest BCUT2D eigenvalue weighted by atomic mass is 35.5. The van der Waals surface area contributed by atoms with Gasteiger partial charge in [0.25, 0.3) is 0 Å². The van der Waals surface area contributed by atoms with Gasteiger partial charge in [-0.05, 0) is 32.5 Å². The molecule has 0 aliphatic heterocycles. The van der Waals surface area contributed by atoms with Gasteiger partial charge in [0.05, 0.1) is 4.92 Å². The summed E-state index contributed by atoms with van der Waals surface area (Å²) >= 11 is 5.85. The van der Waals surface area contributed by atoms with E-state index < -0.39 is 4.92 Å².